The van der Waals surface area contributed by atoms with Crippen LogP contribution in [-0.4, -0.2) is 33.7 Å². The minimum absolute atomic E-state index is 0.0442. The topological polar surface area (TPSA) is 71.0 Å². The highest BCUT2D eigenvalue weighted by atomic mass is 35.5. The van der Waals surface area contributed by atoms with Gasteiger partial charge < -0.3 is 10.1 Å². The van der Waals surface area contributed by atoms with E-state index in [1.54, 1.807) is 41.3 Å². The number of ether oxygens (including phenoxy) is 1. The molecule has 2 amide bonds. The highest BCUT2D eigenvalue weighted by Crippen LogP contribution is 2.33. The lowest BCUT2D eigenvalue weighted by Crippen LogP contribution is -2.33. The molecule has 1 fully saturated rings. The molecule has 0 saturated carbocycles. The molecule has 180 valence electrons. The van der Waals surface area contributed by atoms with Gasteiger partial charge in [-0.05, 0) is 60.5 Å². The van der Waals surface area contributed by atoms with E-state index in [4.69, 9.17) is 16.3 Å². The Labute approximate surface area is 214 Å². The minimum Gasteiger partial charge on any atom is -0.494 e. The zero-order chi connectivity index (χ0) is 24.6. The van der Waals surface area contributed by atoms with Crippen molar-refractivity contribution in [2.75, 3.05) is 11.9 Å². The van der Waals surface area contributed by atoms with Crippen molar-refractivity contribution in [3.8, 4) is 5.75 Å². The second-order valence-corrected chi connectivity index (χ2v) is 9.62. The predicted molar refractivity (Wildman–Crippen MR) is 142 cm³/mol. The average Bonchev–Trinajstić information content (AvgIpc) is 3.14. The van der Waals surface area contributed by atoms with Gasteiger partial charge in [-0.25, -0.2) is 4.99 Å². The van der Waals surface area contributed by atoms with Crippen molar-refractivity contribution in [2.45, 2.75) is 31.6 Å². The van der Waals surface area contributed by atoms with Crippen molar-refractivity contribution in [2.24, 2.45) is 4.99 Å². The molecule has 0 bridgehead atoms. The Morgan fingerprint density at radius 1 is 1.06 bits per heavy atom. The molecule has 1 atom stereocenters. The molecule has 6 nitrogen and oxygen atoms in total. The second-order valence-electron chi connectivity index (χ2n) is 8.01. The maximum Gasteiger partial charge on any atom is 0.242 e. The Bertz CT molecular complexity index is 1180. The van der Waals surface area contributed by atoms with Crippen LogP contribution in [0, 0.1) is 0 Å². The first kappa shape index (κ1) is 24.8. The fourth-order valence-corrected chi connectivity index (χ4v) is 4.78. The van der Waals surface area contributed by atoms with E-state index >= 15 is 0 Å². The van der Waals surface area contributed by atoms with E-state index in [1.165, 1.54) is 11.8 Å². The maximum atomic E-state index is 13.3. The fraction of sp³-hybridized carbons (Fsp3) is 0.222. The van der Waals surface area contributed by atoms with Crippen LogP contribution in [0.5, 0.6) is 5.75 Å². The molecule has 8 heteroatoms. The molecule has 0 aromatic heterocycles. The summed E-state index contributed by atoms with van der Waals surface area (Å²) in [5.74, 6) is 0.390. The Hall–Kier alpha value is -3.29. The zero-order valence-electron chi connectivity index (χ0n) is 19.3. The summed E-state index contributed by atoms with van der Waals surface area (Å²) in [7, 11) is 0. The van der Waals surface area contributed by atoms with E-state index in [0.717, 1.165) is 17.7 Å². The largest absolute Gasteiger partial charge is 0.494 e. The van der Waals surface area contributed by atoms with Crippen molar-refractivity contribution in [3.05, 3.63) is 89.4 Å². The van der Waals surface area contributed by atoms with Crippen LogP contribution in [0.4, 0.5) is 11.4 Å². The number of thioether (sulfide) groups is 1. The number of amidine groups is 1. The summed E-state index contributed by atoms with van der Waals surface area (Å²) in [5, 5.41) is 3.50. The third-order valence-corrected chi connectivity index (χ3v) is 6.66. The lowest BCUT2D eigenvalue weighted by molar-refractivity contribution is -0.128. The summed E-state index contributed by atoms with van der Waals surface area (Å²) in [6, 6.07) is 24.1. The first-order valence-electron chi connectivity index (χ1n) is 11.4. The van der Waals surface area contributed by atoms with Gasteiger partial charge in [0.2, 0.25) is 11.8 Å². The van der Waals surface area contributed by atoms with Crippen LogP contribution < -0.4 is 10.1 Å². The summed E-state index contributed by atoms with van der Waals surface area (Å²) in [6.45, 7) is 3.08. The highest BCUT2D eigenvalue weighted by molar-refractivity contribution is 8.15. The number of anilines is 1. The highest BCUT2D eigenvalue weighted by Gasteiger charge is 2.39. The molecule has 3 aromatic rings. The lowest BCUT2D eigenvalue weighted by atomic mass is 10.2. The zero-order valence-corrected chi connectivity index (χ0v) is 20.9. The number of rotatable bonds is 9. The number of benzene rings is 3. The normalized spacial score (nSPS) is 16.5. The standard InChI is InChI=1S/C27H26ClN3O3S/c1-2-16-34-23-14-12-21(13-15-23)29-25(32)17-24-26(33)31(18-19-6-4-3-5-7-19)27(35-24)30-22-10-8-20(28)9-11-22/h3-15,24H,2,16-18H2,1H3,(H,29,32). The van der Waals surface area contributed by atoms with E-state index in [2.05, 4.69) is 10.3 Å². The molecule has 0 aliphatic carbocycles. The number of carbonyl (C=O) groups is 2. The fourth-order valence-electron chi connectivity index (χ4n) is 3.50. The summed E-state index contributed by atoms with van der Waals surface area (Å²) < 4.78 is 5.58. The van der Waals surface area contributed by atoms with E-state index in [1.807, 2.05) is 49.4 Å². The van der Waals surface area contributed by atoms with Crippen LogP contribution in [0.15, 0.2) is 83.9 Å². The molecule has 1 aliphatic heterocycles. The number of carbonyl (C=O) groups excluding carboxylic acids is 2. The van der Waals surface area contributed by atoms with Crippen LogP contribution in [0.2, 0.25) is 5.02 Å². The van der Waals surface area contributed by atoms with Crippen LogP contribution in [0.25, 0.3) is 0 Å². The van der Waals surface area contributed by atoms with Gasteiger partial charge in [-0.2, -0.15) is 0 Å². The van der Waals surface area contributed by atoms with Gasteiger partial charge in [0, 0.05) is 17.1 Å². The van der Waals surface area contributed by atoms with Crippen LogP contribution in [-0.2, 0) is 16.1 Å². The van der Waals surface area contributed by atoms with Crippen molar-refractivity contribution in [1.82, 2.24) is 4.90 Å². The van der Waals surface area contributed by atoms with E-state index in [9.17, 15) is 9.59 Å². The average molecular weight is 508 g/mol. The van der Waals surface area contributed by atoms with Gasteiger partial charge >= 0.3 is 0 Å². The van der Waals surface area contributed by atoms with Gasteiger partial charge in [-0.15, -0.1) is 0 Å². The minimum atomic E-state index is -0.558. The number of halogens is 1. The number of amides is 2. The smallest absolute Gasteiger partial charge is 0.242 e. The second kappa shape index (κ2) is 11.9. The molecule has 3 aromatic carbocycles. The van der Waals surface area contributed by atoms with E-state index < -0.39 is 5.25 Å². The molecule has 1 aliphatic rings. The van der Waals surface area contributed by atoms with Gasteiger partial charge in [0.15, 0.2) is 5.17 Å². The molecule has 1 N–H and O–H groups in total. The number of nitrogens with zero attached hydrogens (tertiary/aromatic N) is 2. The Morgan fingerprint density at radius 3 is 2.46 bits per heavy atom. The van der Waals surface area contributed by atoms with Crippen LogP contribution in [0.1, 0.15) is 25.3 Å². The molecular formula is C27H26ClN3O3S. The van der Waals surface area contributed by atoms with E-state index in [0.29, 0.717) is 34.7 Å². The monoisotopic (exact) mass is 507 g/mol. The molecule has 1 unspecified atom stereocenters. The van der Waals surface area contributed by atoms with Crippen molar-refractivity contribution in [1.29, 1.82) is 0 Å². The lowest BCUT2D eigenvalue weighted by Gasteiger charge is -2.16. The predicted octanol–water partition coefficient (Wildman–Crippen LogP) is 6.29. The molecule has 35 heavy (non-hydrogen) atoms. The van der Waals surface area contributed by atoms with Gasteiger partial charge in [0.1, 0.15) is 11.0 Å². The molecule has 1 heterocycles. The summed E-state index contributed by atoms with van der Waals surface area (Å²) in [5.41, 5.74) is 2.34. The Balaban J connectivity index is 1.46. The maximum absolute atomic E-state index is 13.3. The third kappa shape index (κ3) is 6.87. The summed E-state index contributed by atoms with van der Waals surface area (Å²) in [4.78, 5) is 32.4. The SMILES string of the molecule is CCCOc1ccc(NC(=O)CC2SC(=Nc3ccc(Cl)cc3)N(Cc3ccccc3)C2=O)cc1. The molecule has 4 rings (SSSR count). The quantitative estimate of drug-likeness (QED) is 0.369. The van der Waals surface area contributed by atoms with Crippen LogP contribution in [0.3, 0.4) is 0 Å². The number of aliphatic imine (C=N–C) groups is 1. The Kier molecular flexibility index (Phi) is 8.45. The van der Waals surface area contributed by atoms with Crippen molar-refractivity contribution < 1.29 is 14.3 Å². The molecule has 0 spiro atoms. The van der Waals surface area contributed by atoms with Crippen LogP contribution >= 0.6 is 23.4 Å². The summed E-state index contributed by atoms with van der Waals surface area (Å²) in [6.07, 6.45) is 0.971. The first-order valence-corrected chi connectivity index (χ1v) is 12.7. The number of hydrogen-bond acceptors (Lipinski definition) is 5. The van der Waals surface area contributed by atoms with Gasteiger partial charge in [-0.3, -0.25) is 14.5 Å². The van der Waals surface area contributed by atoms with Gasteiger partial charge in [0.25, 0.3) is 0 Å². The van der Waals surface area contributed by atoms with E-state index in [-0.39, 0.29) is 18.2 Å². The third-order valence-electron chi connectivity index (χ3n) is 5.24. The first-order chi connectivity index (χ1) is 17.0. The molecule has 0 radical (unpaired) electrons. The summed E-state index contributed by atoms with van der Waals surface area (Å²) >= 11 is 7.30. The van der Waals surface area contributed by atoms with Crippen molar-refractivity contribution >= 4 is 51.7 Å². The van der Waals surface area contributed by atoms with Crippen molar-refractivity contribution in [3.63, 3.8) is 0 Å². The number of nitrogens with one attached hydrogen (secondary N) is 1. The Morgan fingerprint density at radius 2 is 1.77 bits per heavy atom. The molecular weight excluding hydrogens is 482 g/mol. The molecule has 1 saturated heterocycles. The number of hydrogen-bond donors (Lipinski definition) is 1. The van der Waals surface area contributed by atoms with Gasteiger partial charge in [0.05, 0.1) is 18.8 Å². The van der Waals surface area contributed by atoms with Gasteiger partial charge in [-0.1, -0.05) is 60.6 Å².